The van der Waals surface area contributed by atoms with Gasteiger partial charge in [-0.1, -0.05) is 17.7 Å². The molecule has 0 amide bonds. The highest BCUT2D eigenvalue weighted by molar-refractivity contribution is 6.31. The molecule has 0 aliphatic rings. The number of nitrogens with zero attached hydrogens (tertiary/aromatic N) is 1. The molecule has 0 atom stereocenters. The lowest BCUT2D eigenvalue weighted by Crippen LogP contribution is -1.91. The summed E-state index contributed by atoms with van der Waals surface area (Å²) >= 11 is 5.75. The minimum absolute atomic E-state index is 0.0331. The highest BCUT2D eigenvalue weighted by Crippen LogP contribution is 2.26. The summed E-state index contributed by atoms with van der Waals surface area (Å²) in [5.41, 5.74) is 2.72. The lowest BCUT2D eigenvalue weighted by molar-refractivity contribution is -0.131. The molecular formula is C15H11ClFNO2. The maximum Gasteiger partial charge on any atom is 0.328 e. The Morgan fingerprint density at radius 3 is 2.70 bits per heavy atom. The fourth-order valence-electron chi connectivity index (χ4n) is 1.76. The first kappa shape index (κ1) is 14.2. The minimum Gasteiger partial charge on any atom is -0.478 e. The number of carboxylic acid groups (broad SMARTS) is 1. The molecule has 1 N–H and O–H groups in total. The van der Waals surface area contributed by atoms with Crippen LogP contribution >= 0.6 is 11.6 Å². The van der Waals surface area contributed by atoms with Crippen molar-refractivity contribution in [3.63, 3.8) is 0 Å². The van der Waals surface area contributed by atoms with E-state index in [4.69, 9.17) is 16.7 Å². The standard InChI is InChI=1S/C15H11ClFNO2/c1-9(4-15(19)20)11-5-12(8-18-7-11)10-2-3-14(17)13(16)6-10/h2-8H,1H3,(H,19,20)/b9-4+. The number of benzene rings is 1. The van der Waals surface area contributed by atoms with Crippen molar-refractivity contribution in [1.82, 2.24) is 4.98 Å². The van der Waals surface area contributed by atoms with E-state index in [2.05, 4.69) is 4.98 Å². The fraction of sp³-hybridized carbons (Fsp3) is 0.0667. The molecule has 0 fully saturated rings. The second-order valence-corrected chi connectivity index (χ2v) is 4.66. The van der Waals surface area contributed by atoms with Crippen LogP contribution in [0.3, 0.4) is 0 Å². The summed E-state index contributed by atoms with van der Waals surface area (Å²) in [6.45, 7) is 1.69. The molecule has 5 heteroatoms. The average molecular weight is 292 g/mol. The van der Waals surface area contributed by atoms with Crippen molar-refractivity contribution in [1.29, 1.82) is 0 Å². The quantitative estimate of drug-likeness (QED) is 0.869. The van der Waals surface area contributed by atoms with E-state index >= 15 is 0 Å². The van der Waals surface area contributed by atoms with Gasteiger partial charge < -0.3 is 5.11 Å². The number of carbonyl (C=O) groups is 1. The van der Waals surface area contributed by atoms with Crippen LogP contribution in [0.5, 0.6) is 0 Å². The van der Waals surface area contributed by atoms with Crippen LogP contribution in [0, 0.1) is 5.82 Å². The molecule has 0 aliphatic carbocycles. The minimum atomic E-state index is -1.02. The molecule has 0 aliphatic heterocycles. The van der Waals surface area contributed by atoms with E-state index in [1.807, 2.05) is 0 Å². The van der Waals surface area contributed by atoms with E-state index in [1.165, 1.54) is 12.1 Å². The summed E-state index contributed by atoms with van der Waals surface area (Å²) in [4.78, 5) is 14.7. The molecule has 2 rings (SSSR count). The third-order valence-electron chi connectivity index (χ3n) is 2.79. The number of hydrogen-bond donors (Lipinski definition) is 1. The number of rotatable bonds is 3. The second kappa shape index (κ2) is 5.84. The van der Waals surface area contributed by atoms with Crippen molar-refractivity contribution in [2.75, 3.05) is 0 Å². The van der Waals surface area contributed by atoms with Crippen molar-refractivity contribution in [3.8, 4) is 11.1 Å². The number of carboxylic acids is 1. The molecule has 0 bridgehead atoms. The third-order valence-corrected chi connectivity index (χ3v) is 3.08. The average Bonchev–Trinajstić information content (AvgIpc) is 2.41. The Hall–Kier alpha value is -2.20. The van der Waals surface area contributed by atoms with Gasteiger partial charge >= 0.3 is 5.97 Å². The van der Waals surface area contributed by atoms with Crippen LogP contribution in [0.1, 0.15) is 12.5 Å². The summed E-state index contributed by atoms with van der Waals surface area (Å²) in [5, 5.41) is 8.78. The predicted octanol–water partition coefficient (Wildman–Crippen LogP) is 4.03. The van der Waals surface area contributed by atoms with Gasteiger partial charge in [-0.3, -0.25) is 4.98 Å². The van der Waals surface area contributed by atoms with Crippen LogP contribution in [0.4, 0.5) is 4.39 Å². The van der Waals surface area contributed by atoms with Crippen LogP contribution in [0.2, 0.25) is 5.02 Å². The van der Waals surface area contributed by atoms with Crippen molar-refractivity contribution in [2.45, 2.75) is 6.92 Å². The molecule has 1 heterocycles. The van der Waals surface area contributed by atoms with Crippen molar-refractivity contribution in [3.05, 3.63) is 59.1 Å². The molecule has 1 aromatic carbocycles. The zero-order valence-electron chi connectivity index (χ0n) is 10.6. The van der Waals surface area contributed by atoms with E-state index < -0.39 is 11.8 Å². The number of aromatic nitrogens is 1. The summed E-state index contributed by atoms with van der Waals surface area (Å²) in [5.74, 6) is -1.50. The van der Waals surface area contributed by atoms with Crippen LogP contribution in [0.25, 0.3) is 16.7 Å². The summed E-state index contributed by atoms with van der Waals surface area (Å²) in [7, 11) is 0. The van der Waals surface area contributed by atoms with Crippen LogP contribution < -0.4 is 0 Å². The van der Waals surface area contributed by atoms with E-state index in [1.54, 1.807) is 31.5 Å². The number of aliphatic carboxylic acids is 1. The molecule has 0 saturated carbocycles. The van der Waals surface area contributed by atoms with Gasteiger partial charge in [-0.2, -0.15) is 0 Å². The molecule has 0 radical (unpaired) electrons. The largest absolute Gasteiger partial charge is 0.478 e. The van der Waals surface area contributed by atoms with E-state index in [-0.39, 0.29) is 5.02 Å². The molecule has 1 aromatic heterocycles. The van der Waals surface area contributed by atoms with Gasteiger partial charge in [0.1, 0.15) is 5.82 Å². The smallest absolute Gasteiger partial charge is 0.328 e. The predicted molar refractivity (Wildman–Crippen MR) is 75.9 cm³/mol. The molecule has 3 nitrogen and oxygen atoms in total. The lowest BCUT2D eigenvalue weighted by atomic mass is 10.0. The monoisotopic (exact) mass is 291 g/mol. The first-order valence-electron chi connectivity index (χ1n) is 5.79. The Morgan fingerprint density at radius 1 is 1.30 bits per heavy atom. The van der Waals surface area contributed by atoms with Crippen molar-refractivity contribution < 1.29 is 14.3 Å². The van der Waals surface area contributed by atoms with Gasteiger partial charge in [-0.05, 0) is 41.8 Å². The molecule has 0 spiro atoms. The Bertz CT molecular complexity index is 698. The van der Waals surface area contributed by atoms with Gasteiger partial charge in [0.25, 0.3) is 0 Å². The van der Waals surface area contributed by atoms with E-state index in [9.17, 15) is 9.18 Å². The zero-order chi connectivity index (χ0) is 14.7. The normalized spacial score (nSPS) is 11.4. The number of hydrogen-bond acceptors (Lipinski definition) is 2. The SMILES string of the molecule is C/C(=C\C(=O)O)c1cncc(-c2ccc(F)c(Cl)c2)c1. The first-order chi connectivity index (χ1) is 9.47. The second-order valence-electron chi connectivity index (χ2n) is 4.26. The van der Waals surface area contributed by atoms with Gasteiger partial charge in [0, 0.05) is 24.0 Å². The highest BCUT2D eigenvalue weighted by Gasteiger charge is 2.06. The molecule has 0 saturated heterocycles. The van der Waals surface area contributed by atoms with Crippen molar-refractivity contribution >= 4 is 23.1 Å². The topological polar surface area (TPSA) is 50.2 Å². The number of allylic oxidation sites excluding steroid dienone is 1. The Kier molecular flexibility index (Phi) is 4.15. The first-order valence-corrected chi connectivity index (χ1v) is 6.17. The van der Waals surface area contributed by atoms with Crippen LogP contribution in [0.15, 0.2) is 42.7 Å². The van der Waals surface area contributed by atoms with Gasteiger partial charge in [0.2, 0.25) is 0 Å². The third kappa shape index (κ3) is 3.22. The highest BCUT2D eigenvalue weighted by atomic mass is 35.5. The lowest BCUT2D eigenvalue weighted by Gasteiger charge is -2.06. The Morgan fingerprint density at radius 2 is 2.05 bits per heavy atom. The summed E-state index contributed by atoms with van der Waals surface area (Å²) in [6, 6.07) is 6.17. The Balaban J connectivity index is 2.44. The van der Waals surface area contributed by atoms with E-state index in [0.717, 1.165) is 11.6 Å². The molecular weight excluding hydrogens is 281 g/mol. The summed E-state index contributed by atoms with van der Waals surface area (Å²) < 4.78 is 13.1. The maximum absolute atomic E-state index is 13.1. The van der Waals surface area contributed by atoms with Gasteiger partial charge in [-0.15, -0.1) is 0 Å². The maximum atomic E-state index is 13.1. The molecule has 0 unspecified atom stereocenters. The summed E-state index contributed by atoms with van der Waals surface area (Å²) in [6.07, 6.45) is 4.29. The molecule has 20 heavy (non-hydrogen) atoms. The van der Waals surface area contributed by atoms with Crippen molar-refractivity contribution in [2.24, 2.45) is 0 Å². The van der Waals surface area contributed by atoms with Gasteiger partial charge in [-0.25, -0.2) is 9.18 Å². The van der Waals surface area contributed by atoms with E-state index in [0.29, 0.717) is 16.7 Å². The van der Waals surface area contributed by atoms with Gasteiger partial charge in [0.05, 0.1) is 5.02 Å². The molecule has 102 valence electrons. The van der Waals surface area contributed by atoms with Crippen LogP contribution in [-0.4, -0.2) is 16.1 Å². The van der Waals surface area contributed by atoms with Crippen LogP contribution in [-0.2, 0) is 4.79 Å². The Labute approximate surface area is 120 Å². The zero-order valence-corrected chi connectivity index (χ0v) is 11.4. The fourth-order valence-corrected chi connectivity index (χ4v) is 1.94. The molecule has 2 aromatic rings. The van der Waals surface area contributed by atoms with Gasteiger partial charge in [0.15, 0.2) is 0 Å². The number of pyridine rings is 1. The number of halogens is 2.